The van der Waals surface area contributed by atoms with Gasteiger partial charge in [-0.25, -0.2) is 0 Å². The summed E-state index contributed by atoms with van der Waals surface area (Å²) in [5.41, 5.74) is 7.02. The molecule has 1 unspecified atom stereocenters. The lowest BCUT2D eigenvalue weighted by Gasteiger charge is -2.25. The van der Waals surface area contributed by atoms with E-state index in [0.29, 0.717) is 0 Å². The van der Waals surface area contributed by atoms with E-state index in [1.54, 1.807) is 0 Å². The largest absolute Gasteiger partial charge is 0.391 e. The zero-order chi connectivity index (χ0) is 12.3. The highest BCUT2D eigenvalue weighted by molar-refractivity contribution is 9.11. The summed E-state index contributed by atoms with van der Waals surface area (Å²) >= 11 is 6.87. The number of benzene rings is 1. The number of aliphatic hydroxyl groups excluding tert-OH is 1. The summed E-state index contributed by atoms with van der Waals surface area (Å²) in [6, 6.07) is 5.46. The minimum Gasteiger partial charge on any atom is -0.391 e. The summed E-state index contributed by atoms with van der Waals surface area (Å²) in [6.45, 7) is 4.06. The monoisotopic (exact) mass is 349 g/mol. The third-order valence-corrected chi connectivity index (χ3v) is 4.13. The van der Waals surface area contributed by atoms with Gasteiger partial charge in [0.25, 0.3) is 0 Å². The minimum atomic E-state index is -0.518. The summed E-state index contributed by atoms with van der Waals surface area (Å²) in [4.78, 5) is 0. The van der Waals surface area contributed by atoms with E-state index < -0.39 is 6.10 Å². The average Bonchev–Trinajstić information content (AvgIpc) is 2.29. The second kappa shape index (κ2) is 6.15. The maximum Gasteiger partial charge on any atom is 0.0758 e. The Hall–Kier alpha value is 0.1000. The Kier molecular flexibility index (Phi) is 5.44. The Morgan fingerprint density at radius 3 is 2.56 bits per heavy atom. The molecule has 16 heavy (non-hydrogen) atoms. The fraction of sp³-hybridized carbons (Fsp3) is 0.500. The van der Waals surface area contributed by atoms with Crippen LogP contribution in [0.5, 0.6) is 0 Å². The molecular formula is C12H17Br2NO. The molecule has 0 saturated heterocycles. The minimum absolute atomic E-state index is 0.195. The van der Waals surface area contributed by atoms with E-state index in [4.69, 9.17) is 5.73 Å². The van der Waals surface area contributed by atoms with E-state index in [1.807, 2.05) is 25.1 Å². The molecule has 0 radical (unpaired) electrons. The van der Waals surface area contributed by atoms with Crippen molar-refractivity contribution in [3.63, 3.8) is 0 Å². The van der Waals surface area contributed by atoms with Crippen molar-refractivity contribution in [2.45, 2.75) is 32.4 Å². The van der Waals surface area contributed by atoms with Crippen LogP contribution in [-0.4, -0.2) is 11.2 Å². The highest BCUT2D eigenvalue weighted by Crippen LogP contribution is 2.30. The zero-order valence-corrected chi connectivity index (χ0v) is 12.6. The predicted molar refractivity (Wildman–Crippen MR) is 74.2 cm³/mol. The molecule has 0 aromatic heterocycles. The number of aliphatic hydroxyl groups is 1. The molecule has 0 spiro atoms. The van der Waals surface area contributed by atoms with Crippen molar-refractivity contribution in [3.8, 4) is 0 Å². The summed E-state index contributed by atoms with van der Waals surface area (Å²) in [7, 11) is 0. The van der Waals surface area contributed by atoms with Gasteiger partial charge in [0.2, 0.25) is 0 Å². The normalized spacial score (nSPS) is 16.9. The Bertz CT molecular complexity index is 357. The highest BCUT2D eigenvalue weighted by atomic mass is 79.9. The molecule has 0 aliphatic heterocycles. The standard InChI is InChI=1S/C12H17Br2NO/c1-3-7(2)12(16)11(15)9-6-8(13)4-5-10(9)14/h4-7,11-12,16H,3,15H2,1-2H3/t7?,11-,12+/m0/s1. The van der Waals surface area contributed by atoms with Gasteiger partial charge in [0.1, 0.15) is 0 Å². The number of hydrogen-bond acceptors (Lipinski definition) is 2. The molecule has 0 fully saturated rings. The zero-order valence-electron chi connectivity index (χ0n) is 9.45. The first-order valence-electron chi connectivity index (χ1n) is 5.36. The maximum absolute atomic E-state index is 10.1. The summed E-state index contributed by atoms with van der Waals surface area (Å²) in [5.74, 6) is 0.195. The van der Waals surface area contributed by atoms with Gasteiger partial charge in [0.05, 0.1) is 12.1 Å². The van der Waals surface area contributed by atoms with Gasteiger partial charge in [0, 0.05) is 8.95 Å². The predicted octanol–water partition coefficient (Wildman–Crippen LogP) is 3.62. The average molecular weight is 351 g/mol. The number of nitrogens with two attached hydrogens (primary N) is 1. The van der Waals surface area contributed by atoms with E-state index in [-0.39, 0.29) is 12.0 Å². The molecule has 3 N–H and O–H groups in total. The summed E-state index contributed by atoms with van der Waals surface area (Å²) < 4.78 is 1.91. The number of hydrogen-bond donors (Lipinski definition) is 2. The second-order valence-electron chi connectivity index (χ2n) is 4.07. The SMILES string of the molecule is CCC(C)[C@@H](O)[C@@H](N)c1cc(Br)ccc1Br. The molecule has 1 aromatic carbocycles. The van der Waals surface area contributed by atoms with Crippen LogP contribution in [0.15, 0.2) is 27.1 Å². The molecule has 3 atom stereocenters. The Labute approximate surface area is 113 Å². The van der Waals surface area contributed by atoms with E-state index in [2.05, 4.69) is 38.8 Å². The quantitative estimate of drug-likeness (QED) is 0.871. The van der Waals surface area contributed by atoms with Crippen LogP contribution >= 0.6 is 31.9 Å². The lowest BCUT2D eigenvalue weighted by Crippen LogP contribution is -2.31. The van der Waals surface area contributed by atoms with Crippen molar-refractivity contribution < 1.29 is 5.11 Å². The van der Waals surface area contributed by atoms with Crippen LogP contribution in [0.1, 0.15) is 31.9 Å². The van der Waals surface area contributed by atoms with Gasteiger partial charge >= 0.3 is 0 Å². The molecule has 4 heteroatoms. The van der Waals surface area contributed by atoms with Crippen LogP contribution in [0.2, 0.25) is 0 Å². The van der Waals surface area contributed by atoms with Crippen LogP contribution in [0.4, 0.5) is 0 Å². The van der Waals surface area contributed by atoms with Crippen LogP contribution in [-0.2, 0) is 0 Å². The van der Waals surface area contributed by atoms with Crippen LogP contribution < -0.4 is 5.73 Å². The first kappa shape index (κ1) is 14.2. The molecule has 0 aliphatic rings. The summed E-state index contributed by atoms with van der Waals surface area (Å²) in [5, 5.41) is 10.1. The lowest BCUT2D eigenvalue weighted by atomic mass is 9.92. The Morgan fingerprint density at radius 1 is 1.38 bits per heavy atom. The van der Waals surface area contributed by atoms with Crippen molar-refractivity contribution in [3.05, 3.63) is 32.7 Å². The molecule has 1 aromatic rings. The van der Waals surface area contributed by atoms with Crippen molar-refractivity contribution in [2.75, 3.05) is 0 Å². The van der Waals surface area contributed by atoms with Gasteiger partial charge in [-0.1, -0.05) is 52.1 Å². The van der Waals surface area contributed by atoms with E-state index >= 15 is 0 Å². The molecule has 0 aliphatic carbocycles. The van der Waals surface area contributed by atoms with E-state index in [9.17, 15) is 5.11 Å². The van der Waals surface area contributed by atoms with E-state index in [0.717, 1.165) is 20.9 Å². The van der Waals surface area contributed by atoms with Gasteiger partial charge in [0.15, 0.2) is 0 Å². The number of rotatable bonds is 4. The van der Waals surface area contributed by atoms with Crippen molar-refractivity contribution in [1.82, 2.24) is 0 Å². The Balaban J connectivity index is 2.95. The van der Waals surface area contributed by atoms with Crippen LogP contribution in [0.25, 0.3) is 0 Å². The van der Waals surface area contributed by atoms with Gasteiger partial charge < -0.3 is 10.8 Å². The third-order valence-electron chi connectivity index (χ3n) is 2.91. The smallest absolute Gasteiger partial charge is 0.0758 e. The third kappa shape index (κ3) is 3.29. The molecule has 0 saturated carbocycles. The van der Waals surface area contributed by atoms with Crippen molar-refractivity contribution >= 4 is 31.9 Å². The number of halogens is 2. The second-order valence-corrected chi connectivity index (χ2v) is 5.84. The first-order chi connectivity index (χ1) is 7.47. The molecule has 0 bridgehead atoms. The lowest BCUT2D eigenvalue weighted by molar-refractivity contribution is 0.0877. The van der Waals surface area contributed by atoms with Crippen molar-refractivity contribution in [1.29, 1.82) is 0 Å². The molecule has 2 nitrogen and oxygen atoms in total. The van der Waals surface area contributed by atoms with Gasteiger partial charge in [-0.3, -0.25) is 0 Å². The van der Waals surface area contributed by atoms with Gasteiger partial charge in [-0.05, 0) is 29.7 Å². The Morgan fingerprint density at radius 2 is 2.00 bits per heavy atom. The molecule has 90 valence electrons. The maximum atomic E-state index is 10.1. The fourth-order valence-electron chi connectivity index (χ4n) is 1.55. The molecule has 0 heterocycles. The van der Waals surface area contributed by atoms with Gasteiger partial charge in [-0.2, -0.15) is 0 Å². The molecular weight excluding hydrogens is 334 g/mol. The van der Waals surface area contributed by atoms with Gasteiger partial charge in [-0.15, -0.1) is 0 Å². The molecule has 1 rings (SSSR count). The summed E-state index contributed by atoms with van der Waals surface area (Å²) in [6.07, 6.45) is 0.399. The topological polar surface area (TPSA) is 46.2 Å². The first-order valence-corrected chi connectivity index (χ1v) is 6.94. The fourth-order valence-corrected chi connectivity index (χ4v) is 2.44. The van der Waals surface area contributed by atoms with Crippen LogP contribution in [0.3, 0.4) is 0 Å². The molecule has 0 amide bonds. The highest BCUT2D eigenvalue weighted by Gasteiger charge is 2.23. The van der Waals surface area contributed by atoms with E-state index in [1.165, 1.54) is 0 Å². The van der Waals surface area contributed by atoms with Crippen LogP contribution in [0, 0.1) is 5.92 Å². The van der Waals surface area contributed by atoms with Crippen molar-refractivity contribution in [2.24, 2.45) is 11.7 Å².